The highest BCUT2D eigenvalue weighted by Gasteiger charge is 2.24. The average Bonchev–Trinajstić information content (AvgIpc) is 2.64. The van der Waals surface area contributed by atoms with Gasteiger partial charge in [0.05, 0.1) is 22.7 Å². The first kappa shape index (κ1) is 19.9. The maximum absolute atomic E-state index is 13.0. The molecule has 0 saturated heterocycles. The lowest BCUT2D eigenvalue weighted by Gasteiger charge is -2.23. The van der Waals surface area contributed by atoms with Gasteiger partial charge in [-0.2, -0.15) is 0 Å². The van der Waals surface area contributed by atoms with E-state index in [1.54, 1.807) is 0 Å². The third-order valence-corrected chi connectivity index (χ3v) is 5.39. The number of carboxylic acid groups (broad SMARTS) is 2. The van der Waals surface area contributed by atoms with Crippen LogP contribution >= 0.6 is 0 Å². The number of sulfonamides is 1. The minimum atomic E-state index is -3.92. The van der Waals surface area contributed by atoms with Crippen molar-refractivity contribution in [2.75, 3.05) is 10.8 Å². The predicted molar refractivity (Wildman–Crippen MR) is 101 cm³/mol. The summed E-state index contributed by atoms with van der Waals surface area (Å²) >= 11 is 0. The minimum Gasteiger partial charge on any atom is -0.478 e. The molecule has 27 heavy (non-hydrogen) atoms. The summed E-state index contributed by atoms with van der Waals surface area (Å²) in [5.74, 6) is -2.21. The molecule has 0 saturated carbocycles. The highest BCUT2D eigenvalue weighted by atomic mass is 32.2. The predicted octanol–water partition coefficient (Wildman–Crippen LogP) is 2.86. The normalized spacial score (nSPS) is 11.3. The maximum Gasteiger partial charge on any atom is 0.335 e. The molecule has 0 heterocycles. The van der Waals surface area contributed by atoms with Crippen molar-refractivity contribution in [2.45, 2.75) is 4.90 Å². The monoisotopic (exact) mass is 387 g/mol. The summed E-state index contributed by atoms with van der Waals surface area (Å²) in [5, 5.41) is 17.6. The molecule has 0 aromatic heterocycles. The van der Waals surface area contributed by atoms with Gasteiger partial charge in [-0.3, -0.25) is 4.31 Å². The third-order valence-electron chi connectivity index (χ3n) is 3.58. The van der Waals surface area contributed by atoms with Crippen LogP contribution in [0.3, 0.4) is 0 Å². The molecule has 0 fully saturated rings. The van der Waals surface area contributed by atoms with Crippen LogP contribution in [0.25, 0.3) is 6.08 Å². The second kappa shape index (κ2) is 8.33. The standard InChI is InChI=1S/C19H17NO6S/c1-2-13-20(16-8-6-15(7-9-16)19(23)24)27(25,26)17-10-3-14(4-11-17)5-12-18(21)22/h2-12H,1,13H2,(H,21,22)(H,23,24)/b12-5+. The molecule has 2 N–H and O–H groups in total. The van der Waals surface area contributed by atoms with E-state index in [9.17, 15) is 18.0 Å². The minimum absolute atomic E-state index is 0.00454. The molecular weight excluding hydrogens is 370 g/mol. The lowest BCUT2D eigenvalue weighted by atomic mass is 10.2. The Balaban J connectivity index is 2.38. The molecule has 0 bridgehead atoms. The Bertz CT molecular complexity index is 976. The lowest BCUT2D eigenvalue weighted by Crippen LogP contribution is -2.31. The van der Waals surface area contributed by atoms with E-state index in [2.05, 4.69) is 6.58 Å². The first-order chi connectivity index (χ1) is 12.8. The second-order valence-electron chi connectivity index (χ2n) is 5.42. The molecule has 0 aliphatic heterocycles. The van der Waals surface area contributed by atoms with E-state index in [0.717, 1.165) is 10.4 Å². The molecule has 0 spiro atoms. The molecule has 0 amide bonds. The van der Waals surface area contributed by atoms with Gasteiger partial charge in [0.2, 0.25) is 0 Å². The van der Waals surface area contributed by atoms with E-state index >= 15 is 0 Å². The van der Waals surface area contributed by atoms with E-state index in [1.807, 2.05) is 0 Å². The Morgan fingerprint density at radius 3 is 2.07 bits per heavy atom. The number of nitrogens with zero attached hydrogens (tertiary/aromatic N) is 1. The molecule has 0 aliphatic carbocycles. The van der Waals surface area contributed by atoms with E-state index in [0.29, 0.717) is 11.3 Å². The van der Waals surface area contributed by atoms with Crippen molar-refractivity contribution in [3.05, 3.63) is 78.4 Å². The number of aliphatic carboxylic acids is 1. The molecule has 2 rings (SSSR count). The highest BCUT2D eigenvalue weighted by Crippen LogP contribution is 2.24. The van der Waals surface area contributed by atoms with Crippen molar-refractivity contribution >= 4 is 33.7 Å². The summed E-state index contributed by atoms with van der Waals surface area (Å²) < 4.78 is 27.0. The zero-order valence-electron chi connectivity index (χ0n) is 14.1. The van der Waals surface area contributed by atoms with Crippen LogP contribution in [-0.2, 0) is 14.8 Å². The SMILES string of the molecule is C=CCN(c1ccc(C(=O)O)cc1)S(=O)(=O)c1ccc(/C=C/C(=O)O)cc1. The number of anilines is 1. The van der Waals surface area contributed by atoms with Gasteiger partial charge in [-0.1, -0.05) is 18.2 Å². The van der Waals surface area contributed by atoms with Gasteiger partial charge in [-0.15, -0.1) is 6.58 Å². The van der Waals surface area contributed by atoms with Gasteiger partial charge in [-0.25, -0.2) is 18.0 Å². The Morgan fingerprint density at radius 2 is 1.59 bits per heavy atom. The van der Waals surface area contributed by atoms with Gasteiger partial charge in [-0.05, 0) is 48.0 Å². The van der Waals surface area contributed by atoms with Gasteiger partial charge >= 0.3 is 11.9 Å². The van der Waals surface area contributed by atoms with Crippen molar-refractivity contribution < 1.29 is 28.2 Å². The molecule has 2 aromatic carbocycles. The van der Waals surface area contributed by atoms with E-state index in [4.69, 9.17) is 10.2 Å². The largest absolute Gasteiger partial charge is 0.478 e. The van der Waals surface area contributed by atoms with Gasteiger partial charge in [0.15, 0.2) is 0 Å². The smallest absolute Gasteiger partial charge is 0.335 e. The van der Waals surface area contributed by atoms with Crippen LogP contribution in [0.1, 0.15) is 15.9 Å². The van der Waals surface area contributed by atoms with Gasteiger partial charge in [0, 0.05) is 6.08 Å². The van der Waals surface area contributed by atoms with Crippen molar-refractivity contribution in [2.24, 2.45) is 0 Å². The number of benzene rings is 2. The number of rotatable bonds is 8. The number of hydrogen-bond donors (Lipinski definition) is 2. The molecule has 2 aromatic rings. The second-order valence-corrected chi connectivity index (χ2v) is 7.28. The van der Waals surface area contributed by atoms with Crippen molar-refractivity contribution in [1.29, 1.82) is 0 Å². The van der Waals surface area contributed by atoms with Gasteiger partial charge < -0.3 is 10.2 Å². The van der Waals surface area contributed by atoms with Crippen LogP contribution in [0.15, 0.2) is 72.2 Å². The number of carbonyl (C=O) groups is 2. The van der Waals surface area contributed by atoms with Crippen molar-refractivity contribution in [1.82, 2.24) is 0 Å². The topological polar surface area (TPSA) is 112 Å². The van der Waals surface area contributed by atoms with E-state index in [1.165, 1.54) is 60.7 Å². The van der Waals surface area contributed by atoms with Crippen LogP contribution in [0, 0.1) is 0 Å². The Morgan fingerprint density at radius 1 is 1.00 bits per heavy atom. The maximum atomic E-state index is 13.0. The summed E-state index contributed by atoms with van der Waals surface area (Å²) in [7, 11) is -3.92. The van der Waals surface area contributed by atoms with Crippen LogP contribution in [0.5, 0.6) is 0 Å². The molecule has 0 radical (unpaired) electrons. The molecular formula is C19H17NO6S. The molecule has 0 atom stereocenters. The summed E-state index contributed by atoms with van der Waals surface area (Å²) in [6.45, 7) is 3.56. The third kappa shape index (κ3) is 4.83. The van der Waals surface area contributed by atoms with E-state index in [-0.39, 0.29) is 17.0 Å². The number of aromatic carboxylic acids is 1. The quantitative estimate of drug-likeness (QED) is 0.532. The Kier molecular flexibility index (Phi) is 6.15. The zero-order chi connectivity index (χ0) is 20.0. The first-order valence-corrected chi connectivity index (χ1v) is 9.18. The number of carboxylic acids is 2. The Labute approximate surface area is 156 Å². The molecule has 7 nitrogen and oxygen atoms in total. The first-order valence-electron chi connectivity index (χ1n) is 7.74. The average molecular weight is 387 g/mol. The van der Waals surface area contributed by atoms with Crippen LogP contribution in [0.2, 0.25) is 0 Å². The van der Waals surface area contributed by atoms with Crippen molar-refractivity contribution in [3.8, 4) is 0 Å². The summed E-state index contributed by atoms with van der Waals surface area (Å²) in [6, 6.07) is 11.2. The number of hydrogen-bond acceptors (Lipinski definition) is 4. The summed E-state index contributed by atoms with van der Waals surface area (Å²) in [4.78, 5) is 21.5. The molecule has 8 heteroatoms. The fourth-order valence-corrected chi connectivity index (χ4v) is 3.71. The van der Waals surface area contributed by atoms with Gasteiger partial charge in [0.1, 0.15) is 0 Å². The lowest BCUT2D eigenvalue weighted by molar-refractivity contribution is -0.131. The molecule has 140 valence electrons. The fraction of sp³-hybridized carbons (Fsp3) is 0.0526. The highest BCUT2D eigenvalue weighted by molar-refractivity contribution is 7.92. The van der Waals surface area contributed by atoms with Crippen LogP contribution < -0.4 is 4.31 Å². The van der Waals surface area contributed by atoms with Gasteiger partial charge in [0.25, 0.3) is 10.0 Å². The molecule has 0 aliphatic rings. The molecule has 0 unspecified atom stereocenters. The summed E-state index contributed by atoms with van der Waals surface area (Å²) in [6.07, 6.45) is 3.73. The van der Waals surface area contributed by atoms with Crippen LogP contribution in [0.4, 0.5) is 5.69 Å². The summed E-state index contributed by atoms with van der Waals surface area (Å²) in [5.41, 5.74) is 0.886. The fourth-order valence-electron chi connectivity index (χ4n) is 2.28. The van der Waals surface area contributed by atoms with Crippen LogP contribution in [-0.4, -0.2) is 37.1 Å². The zero-order valence-corrected chi connectivity index (χ0v) is 15.0. The van der Waals surface area contributed by atoms with Crippen molar-refractivity contribution in [3.63, 3.8) is 0 Å². The Hall–Kier alpha value is -3.39. The van der Waals surface area contributed by atoms with E-state index < -0.39 is 22.0 Å².